The molecule has 5 nitrogen and oxygen atoms in total. The highest BCUT2D eigenvalue weighted by molar-refractivity contribution is 5.87. The molecule has 0 spiro atoms. The molecule has 2 N–H and O–H groups in total. The third kappa shape index (κ3) is 4.34. The van der Waals surface area contributed by atoms with Crippen LogP contribution in [0, 0.1) is 0 Å². The van der Waals surface area contributed by atoms with Gasteiger partial charge in [-0.3, -0.25) is 9.69 Å². The standard InChI is InChI=1S/C27H30F3N3O2/c1-15(2)31-18-12-22(16-8-10-17(11-9-16)27(28,29)30)33-23(13-18)25-20(14-24(33)26(34)35-3)19-6-4-5-7-21(19)32-25/h4-11,15,18,22-24,31-32H,12-14H2,1-3H3/t18-,22+,23-,24+/m1/s1. The summed E-state index contributed by atoms with van der Waals surface area (Å²) in [5.74, 6) is -0.321. The average Bonchev–Trinajstić information content (AvgIpc) is 3.20. The summed E-state index contributed by atoms with van der Waals surface area (Å²) in [5.41, 5.74) is 3.32. The van der Waals surface area contributed by atoms with Crippen molar-refractivity contribution in [3.05, 3.63) is 70.9 Å². The molecule has 0 amide bonds. The maximum absolute atomic E-state index is 13.2. The van der Waals surface area contributed by atoms with Crippen molar-refractivity contribution >= 4 is 16.9 Å². The molecule has 0 unspecified atom stereocenters. The van der Waals surface area contributed by atoms with Crippen LogP contribution in [0.3, 0.4) is 0 Å². The molecule has 0 aliphatic carbocycles. The Morgan fingerprint density at radius 2 is 1.77 bits per heavy atom. The average molecular weight is 486 g/mol. The number of fused-ring (bicyclic) bond motifs is 5. The van der Waals surface area contributed by atoms with Crippen molar-refractivity contribution in [1.82, 2.24) is 15.2 Å². The predicted molar refractivity (Wildman–Crippen MR) is 128 cm³/mol. The van der Waals surface area contributed by atoms with E-state index >= 15 is 0 Å². The van der Waals surface area contributed by atoms with Gasteiger partial charge in [0.05, 0.1) is 18.7 Å². The van der Waals surface area contributed by atoms with Crippen molar-refractivity contribution < 1.29 is 22.7 Å². The van der Waals surface area contributed by atoms with Gasteiger partial charge in [0.1, 0.15) is 6.04 Å². The molecule has 3 aromatic rings. The lowest BCUT2D eigenvalue weighted by atomic mass is 9.79. The first-order chi connectivity index (χ1) is 16.7. The molecule has 0 bridgehead atoms. The van der Waals surface area contributed by atoms with Crippen LogP contribution < -0.4 is 5.32 Å². The minimum atomic E-state index is -4.39. The number of hydrogen-bond donors (Lipinski definition) is 2. The van der Waals surface area contributed by atoms with Crippen LogP contribution in [0.2, 0.25) is 0 Å². The molecule has 0 radical (unpaired) electrons. The third-order valence-electron chi connectivity index (χ3n) is 7.34. The van der Waals surface area contributed by atoms with Crippen LogP contribution in [0.1, 0.15) is 61.2 Å². The number of ether oxygens (including phenoxy) is 1. The largest absolute Gasteiger partial charge is 0.468 e. The summed E-state index contributed by atoms with van der Waals surface area (Å²) in [6.45, 7) is 4.18. The Kier molecular flexibility index (Phi) is 6.13. The van der Waals surface area contributed by atoms with E-state index in [1.54, 1.807) is 12.1 Å². The van der Waals surface area contributed by atoms with E-state index < -0.39 is 17.8 Å². The summed E-state index contributed by atoms with van der Waals surface area (Å²) in [7, 11) is 1.39. The Hall–Kier alpha value is -2.84. The summed E-state index contributed by atoms with van der Waals surface area (Å²) in [5, 5.41) is 4.73. The van der Waals surface area contributed by atoms with Crippen LogP contribution in [-0.4, -0.2) is 41.1 Å². The molecule has 8 heteroatoms. The number of benzene rings is 2. The Balaban J connectivity index is 1.63. The van der Waals surface area contributed by atoms with E-state index in [1.807, 2.05) is 18.2 Å². The molecule has 3 heterocycles. The molecule has 1 fully saturated rings. The van der Waals surface area contributed by atoms with Crippen molar-refractivity contribution in [1.29, 1.82) is 0 Å². The summed E-state index contributed by atoms with van der Waals surface area (Å²) in [6.07, 6.45) is -2.44. The number of nitrogens with one attached hydrogen (secondary N) is 2. The molecule has 2 aliphatic heterocycles. The number of aromatic nitrogens is 1. The van der Waals surface area contributed by atoms with Gasteiger partial charge in [0.15, 0.2) is 0 Å². The number of esters is 1. The van der Waals surface area contributed by atoms with E-state index in [9.17, 15) is 18.0 Å². The number of hydrogen-bond acceptors (Lipinski definition) is 4. The van der Waals surface area contributed by atoms with Gasteiger partial charge in [-0.2, -0.15) is 13.2 Å². The molecule has 0 saturated carbocycles. The van der Waals surface area contributed by atoms with Gasteiger partial charge in [-0.25, -0.2) is 0 Å². The quantitative estimate of drug-likeness (QED) is 0.477. The fourth-order valence-corrected chi connectivity index (χ4v) is 5.97. The van der Waals surface area contributed by atoms with Gasteiger partial charge in [-0.05, 0) is 42.2 Å². The Bertz CT molecular complexity index is 1220. The third-order valence-corrected chi connectivity index (χ3v) is 7.34. The number of para-hydroxylation sites is 1. The molecule has 35 heavy (non-hydrogen) atoms. The van der Waals surface area contributed by atoms with E-state index in [2.05, 4.69) is 35.1 Å². The molecule has 1 saturated heterocycles. The van der Waals surface area contributed by atoms with Gasteiger partial charge in [-0.15, -0.1) is 0 Å². The van der Waals surface area contributed by atoms with Crippen LogP contribution in [0.25, 0.3) is 10.9 Å². The topological polar surface area (TPSA) is 57.4 Å². The first-order valence-corrected chi connectivity index (χ1v) is 12.0. The smallest absolute Gasteiger partial charge is 0.416 e. The number of aromatic amines is 1. The van der Waals surface area contributed by atoms with Gasteiger partial charge < -0.3 is 15.0 Å². The van der Waals surface area contributed by atoms with Gasteiger partial charge >= 0.3 is 12.1 Å². The maximum atomic E-state index is 13.2. The molecule has 1 aromatic heterocycles. The van der Waals surface area contributed by atoms with E-state index in [0.29, 0.717) is 12.8 Å². The number of carbonyl (C=O) groups is 1. The van der Waals surface area contributed by atoms with Crippen molar-refractivity contribution in [2.24, 2.45) is 0 Å². The van der Waals surface area contributed by atoms with Crippen LogP contribution in [-0.2, 0) is 22.1 Å². The zero-order valence-electron chi connectivity index (χ0n) is 20.0. The summed E-state index contributed by atoms with van der Waals surface area (Å²) in [4.78, 5) is 18.8. The van der Waals surface area contributed by atoms with Crippen molar-refractivity contribution in [2.45, 2.75) is 69.5 Å². The molecule has 186 valence electrons. The summed E-state index contributed by atoms with van der Waals surface area (Å²) < 4.78 is 44.9. The second kappa shape index (κ2) is 8.99. The molecule has 4 atom stereocenters. The molecular formula is C27H30F3N3O2. The van der Waals surface area contributed by atoms with E-state index in [1.165, 1.54) is 7.11 Å². The van der Waals surface area contributed by atoms with Gasteiger partial charge in [0.2, 0.25) is 0 Å². The number of alkyl halides is 3. The zero-order valence-corrected chi connectivity index (χ0v) is 20.0. The fourth-order valence-electron chi connectivity index (χ4n) is 5.97. The Morgan fingerprint density at radius 1 is 1.09 bits per heavy atom. The van der Waals surface area contributed by atoms with E-state index in [0.717, 1.165) is 46.3 Å². The lowest BCUT2D eigenvalue weighted by molar-refractivity contribution is -0.152. The number of rotatable bonds is 4. The first kappa shape index (κ1) is 23.9. The number of halogens is 3. The van der Waals surface area contributed by atoms with Crippen LogP contribution >= 0.6 is 0 Å². The number of H-pyrrole nitrogens is 1. The van der Waals surface area contributed by atoms with Crippen LogP contribution in [0.4, 0.5) is 13.2 Å². The second-order valence-corrected chi connectivity index (χ2v) is 9.89. The number of carbonyl (C=O) groups excluding carboxylic acids is 1. The highest BCUT2D eigenvalue weighted by Crippen LogP contribution is 2.49. The number of nitrogens with zero attached hydrogens (tertiary/aromatic N) is 1. The number of piperidine rings is 1. The maximum Gasteiger partial charge on any atom is 0.416 e. The van der Waals surface area contributed by atoms with Gasteiger partial charge in [0.25, 0.3) is 0 Å². The van der Waals surface area contributed by atoms with Crippen molar-refractivity contribution in [2.75, 3.05) is 7.11 Å². The molecule has 5 rings (SSSR count). The Labute approximate surface area is 202 Å². The van der Waals surface area contributed by atoms with E-state index in [-0.39, 0.29) is 30.1 Å². The highest BCUT2D eigenvalue weighted by atomic mass is 19.4. The zero-order chi connectivity index (χ0) is 24.9. The Morgan fingerprint density at radius 3 is 2.43 bits per heavy atom. The molecular weight excluding hydrogens is 455 g/mol. The summed E-state index contributed by atoms with van der Waals surface area (Å²) >= 11 is 0. The van der Waals surface area contributed by atoms with Crippen LogP contribution in [0.15, 0.2) is 48.5 Å². The fraction of sp³-hybridized carbons (Fsp3) is 0.444. The molecule has 2 aromatic carbocycles. The van der Waals surface area contributed by atoms with Crippen molar-refractivity contribution in [3.8, 4) is 0 Å². The lowest BCUT2D eigenvalue weighted by Crippen LogP contribution is -2.56. The highest BCUT2D eigenvalue weighted by Gasteiger charge is 2.48. The summed E-state index contributed by atoms with van der Waals surface area (Å²) in [6, 6.07) is 13.0. The van der Waals surface area contributed by atoms with Crippen LogP contribution in [0.5, 0.6) is 0 Å². The van der Waals surface area contributed by atoms with Crippen molar-refractivity contribution in [3.63, 3.8) is 0 Å². The van der Waals surface area contributed by atoms with Gasteiger partial charge in [-0.1, -0.05) is 44.2 Å². The normalized spacial score (nSPS) is 24.9. The number of methoxy groups -OCH3 is 1. The minimum absolute atomic E-state index is 0.104. The van der Waals surface area contributed by atoms with E-state index in [4.69, 9.17) is 4.74 Å². The predicted octanol–water partition coefficient (Wildman–Crippen LogP) is 5.53. The second-order valence-electron chi connectivity index (χ2n) is 9.89. The van der Waals surface area contributed by atoms with Gasteiger partial charge in [0, 0.05) is 41.1 Å². The first-order valence-electron chi connectivity index (χ1n) is 12.0. The minimum Gasteiger partial charge on any atom is -0.468 e. The monoisotopic (exact) mass is 485 g/mol. The lowest BCUT2D eigenvalue weighted by Gasteiger charge is -2.51. The molecule has 2 aliphatic rings. The SMILES string of the molecule is COC(=O)[C@@H]1Cc2c([nH]c3ccccc23)[C@H]2C[C@H](NC(C)C)C[C@@H](c3ccc(C(F)(F)F)cc3)N21.